The summed E-state index contributed by atoms with van der Waals surface area (Å²) in [6.45, 7) is 4.68. The quantitative estimate of drug-likeness (QED) is 0.0639. The minimum Gasteiger partial charge on any atom is -0.481 e. The highest BCUT2D eigenvalue weighted by molar-refractivity contribution is 6.18. The van der Waals surface area contributed by atoms with Crippen molar-refractivity contribution >= 4 is 71.3 Å². The number of rotatable bonds is 12. The van der Waals surface area contributed by atoms with Crippen LogP contribution in [0.5, 0.6) is 0 Å². The first-order valence-electron chi connectivity index (χ1n) is 34.1. The lowest BCUT2D eigenvalue weighted by Gasteiger charge is -2.45. The molecule has 6 amide bonds. The number of carboxylic acid groups (broad SMARTS) is 2. The van der Waals surface area contributed by atoms with E-state index in [-0.39, 0.29) is 50.6 Å². The van der Waals surface area contributed by atoms with Crippen LogP contribution in [0, 0.1) is 118 Å². The van der Waals surface area contributed by atoms with Crippen LogP contribution in [0.3, 0.4) is 0 Å². The maximum Gasteiger partial charge on any atom is 0.318 e. The minimum absolute atomic E-state index is 0. The van der Waals surface area contributed by atoms with E-state index in [1.807, 2.05) is 0 Å². The van der Waals surface area contributed by atoms with Crippen molar-refractivity contribution in [1.82, 2.24) is 20.4 Å². The average molecular weight is 1280 g/mol. The molecular weight excluding hydrogens is 1170 g/mol. The first kappa shape index (κ1) is 71.2. The van der Waals surface area contributed by atoms with E-state index < -0.39 is 119 Å². The molecule has 4 aliphatic heterocycles. The standard InChI is InChI=1S/C23H36N2O6.C23H32N2O4.C13H26N2.C8H4O6.2CH4/c1-12-3-5-13(6-4-12)11-14-7-9-15(10-8-14)25-21(27)17-16(20(26)24-2)18(22(28)29)19(17)23(30)31;1-12-3-5-13(6-4-12)11-14-7-9-15(10-8-14)25-22(28)18-16-17(19(18)23(25)29)21(27)24(2)20(16)26;14-12-5-1-10(2-6-12)9-11-3-7-13(15)8-4-11;9-5-1-2(6(10)13-5)4-3(1)7(11)14-8(4)12;;/h12-19H,3-11H2,1-2H3,(H,24,26)(H,25,27)(H,28,29)(H,30,31);12-19H,3-11H2,1-2H3;10-13H,1-9,14-15H2;1-4H;2*1H4. The summed E-state index contributed by atoms with van der Waals surface area (Å²) < 4.78 is 8.69. The van der Waals surface area contributed by atoms with E-state index >= 15 is 0 Å². The smallest absolute Gasteiger partial charge is 0.318 e. The molecule has 91 heavy (non-hydrogen) atoms. The van der Waals surface area contributed by atoms with Gasteiger partial charge in [0.25, 0.3) is 0 Å². The predicted octanol–water partition coefficient (Wildman–Crippen LogP) is 7.19. The van der Waals surface area contributed by atoms with Gasteiger partial charge in [0.05, 0.1) is 71.0 Å². The summed E-state index contributed by atoms with van der Waals surface area (Å²) in [6, 6.07) is 0.924. The molecule has 9 aliphatic carbocycles. The predicted molar refractivity (Wildman–Crippen MR) is 332 cm³/mol. The fraction of sp³-hybridized carbons (Fsp3) is 0.826. The maximum atomic E-state index is 13.0. The zero-order chi connectivity index (χ0) is 63.9. The van der Waals surface area contributed by atoms with Gasteiger partial charge in [-0.2, -0.15) is 0 Å². The zero-order valence-electron chi connectivity index (χ0n) is 52.6. The number of carbonyl (C=O) groups is 12. The molecule has 22 nitrogen and oxygen atoms in total. The molecule has 22 heteroatoms. The SMILES string of the molecule is C.C.CC1CCC(CC2CCC(N3C(=O)C4C5C(=O)N(C)C(=O)C5C4C3=O)CC2)CC1.CNC(=O)C1C(C(=O)O)C(C(=O)O)C1C(=O)NC1CCC(CC2CCC(C)CC2)CC1.NC1CCC(CC2CCC(N)CC2)CC1.O=C1OC(=O)C2C1C1C(=O)OC(=O)C21. The van der Waals surface area contributed by atoms with Crippen molar-refractivity contribution in [3.63, 3.8) is 0 Å². The number of hydrogen-bond donors (Lipinski definition) is 6. The molecule has 0 aromatic carbocycles. The van der Waals surface area contributed by atoms with Crippen LogP contribution in [0.25, 0.3) is 0 Å². The van der Waals surface area contributed by atoms with Gasteiger partial charge in [-0.25, -0.2) is 0 Å². The van der Waals surface area contributed by atoms with Crippen LogP contribution < -0.4 is 22.1 Å². The third-order valence-corrected chi connectivity index (χ3v) is 24.3. The Morgan fingerprint density at radius 1 is 0.418 bits per heavy atom. The van der Waals surface area contributed by atoms with Gasteiger partial charge in [0.2, 0.25) is 35.4 Å². The van der Waals surface area contributed by atoms with Crippen LogP contribution in [0.15, 0.2) is 0 Å². The number of likely N-dealkylation sites (tertiary alicyclic amines) is 2. The van der Waals surface area contributed by atoms with E-state index in [1.54, 1.807) is 0 Å². The molecule has 0 aromatic rings. The molecule has 4 saturated heterocycles. The molecule has 8 atom stereocenters. The van der Waals surface area contributed by atoms with Crippen molar-refractivity contribution in [1.29, 1.82) is 0 Å². The van der Waals surface area contributed by atoms with E-state index in [9.17, 15) is 67.7 Å². The second kappa shape index (κ2) is 30.2. The fourth-order valence-electron chi connectivity index (χ4n) is 18.8. The van der Waals surface area contributed by atoms with Crippen LogP contribution in [0.4, 0.5) is 0 Å². The van der Waals surface area contributed by atoms with Crippen LogP contribution in [0.2, 0.25) is 0 Å². The third-order valence-electron chi connectivity index (χ3n) is 24.3. The maximum absolute atomic E-state index is 13.0. The summed E-state index contributed by atoms with van der Waals surface area (Å²) in [5, 5.41) is 24.2. The third kappa shape index (κ3) is 14.8. The fourth-order valence-corrected chi connectivity index (χ4v) is 18.8. The average Bonchev–Trinajstić information content (AvgIpc) is 1.56. The highest BCUT2D eigenvalue weighted by Gasteiger charge is 2.74. The molecule has 9 saturated carbocycles. The Morgan fingerprint density at radius 2 is 0.703 bits per heavy atom. The number of cyclic esters (lactones) is 4. The molecule has 0 aromatic heterocycles. The molecule has 8 unspecified atom stereocenters. The lowest BCUT2D eigenvalue weighted by Crippen LogP contribution is -2.64. The van der Waals surface area contributed by atoms with Crippen LogP contribution in [-0.2, 0) is 67.0 Å². The van der Waals surface area contributed by atoms with E-state index in [2.05, 4.69) is 34.0 Å². The molecular formula is C69H106N6O16. The minimum atomic E-state index is -1.39. The summed E-state index contributed by atoms with van der Waals surface area (Å²) in [4.78, 5) is 146. The normalized spacial score (nSPS) is 41.0. The van der Waals surface area contributed by atoms with Crippen molar-refractivity contribution in [2.75, 3.05) is 14.1 Å². The first-order valence-corrected chi connectivity index (χ1v) is 34.1. The lowest BCUT2D eigenvalue weighted by atomic mass is 9.55. The lowest BCUT2D eigenvalue weighted by molar-refractivity contribution is -0.181. The van der Waals surface area contributed by atoms with Crippen LogP contribution in [0.1, 0.15) is 202 Å². The zero-order valence-corrected chi connectivity index (χ0v) is 52.6. The van der Waals surface area contributed by atoms with Crippen molar-refractivity contribution < 1.29 is 77.2 Å². The number of esters is 4. The van der Waals surface area contributed by atoms with Gasteiger partial charge in [0, 0.05) is 38.3 Å². The first-order chi connectivity index (χ1) is 42.4. The van der Waals surface area contributed by atoms with Crippen molar-refractivity contribution in [2.24, 2.45) is 130 Å². The number of fused-ring (bicyclic) bond motifs is 8. The summed E-state index contributed by atoms with van der Waals surface area (Å²) in [6.07, 6.45) is 33.0. The summed E-state index contributed by atoms with van der Waals surface area (Å²) >= 11 is 0. The van der Waals surface area contributed by atoms with Crippen molar-refractivity contribution in [3.8, 4) is 0 Å². The molecule has 0 bridgehead atoms. The number of ether oxygens (including phenoxy) is 2. The van der Waals surface area contributed by atoms with Crippen LogP contribution >= 0.6 is 0 Å². The Bertz CT molecular complexity index is 2570. The monoisotopic (exact) mass is 1270 g/mol. The molecule has 8 N–H and O–H groups in total. The highest BCUT2D eigenvalue weighted by Crippen LogP contribution is 2.58. The van der Waals surface area contributed by atoms with E-state index in [0.717, 1.165) is 91.8 Å². The summed E-state index contributed by atoms with van der Waals surface area (Å²) in [5.74, 6) is -11.5. The van der Waals surface area contributed by atoms with Gasteiger partial charge in [0.1, 0.15) is 0 Å². The van der Waals surface area contributed by atoms with E-state index in [4.69, 9.17) is 11.5 Å². The number of amides is 6. The van der Waals surface area contributed by atoms with E-state index in [1.165, 1.54) is 141 Å². The number of nitrogens with zero attached hydrogens (tertiary/aromatic N) is 2. The van der Waals surface area contributed by atoms with Gasteiger partial charge in [0.15, 0.2) is 0 Å². The molecule has 13 aliphatic rings. The second-order valence-corrected chi connectivity index (χ2v) is 29.8. The number of aliphatic carboxylic acids is 2. The van der Waals surface area contributed by atoms with E-state index in [0.29, 0.717) is 23.9 Å². The molecule has 13 rings (SSSR count). The Balaban J connectivity index is 0.000000163. The number of carbonyl (C=O) groups excluding carboxylic acids is 10. The van der Waals surface area contributed by atoms with Gasteiger partial charge < -0.3 is 41.8 Å². The van der Waals surface area contributed by atoms with Gasteiger partial charge in [-0.05, 0) is 169 Å². The van der Waals surface area contributed by atoms with Gasteiger partial charge in [-0.1, -0.05) is 80.1 Å². The molecule has 0 spiro atoms. The van der Waals surface area contributed by atoms with Crippen molar-refractivity contribution in [3.05, 3.63) is 0 Å². The number of hydrogen-bond acceptors (Lipinski definition) is 16. The second-order valence-electron chi connectivity index (χ2n) is 29.8. The Labute approximate surface area is 537 Å². The molecule has 4 heterocycles. The topological polar surface area (TPSA) is 346 Å². The number of carboxylic acids is 2. The highest BCUT2D eigenvalue weighted by atomic mass is 16.6. The number of nitrogens with two attached hydrogens (primary N) is 2. The Morgan fingerprint density at radius 3 is 1.02 bits per heavy atom. The van der Waals surface area contributed by atoms with Gasteiger partial charge in [-0.15, -0.1) is 0 Å². The van der Waals surface area contributed by atoms with Gasteiger partial charge in [-0.3, -0.25) is 67.3 Å². The molecule has 13 fully saturated rings. The molecule has 0 radical (unpaired) electrons. The number of nitrogens with one attached hydrogen (secondary N) is 2. The van der Waals surface area contributed by atoms with Crippen LogP contribution in [-0.4, -0.2) is 130 Å². The van der Waals surface area contributed by atoms with Crippen molar-refractivity contribution in [2.45, 2.75) is 226 Å². The summed E-state index contributed by atoms with van der Waals surface area (Å²) in [5.41, 5.74) is 11.9. The largest absolute Gasteiger partial charge is 0.481 e. The molecule has 508 valence electrons. The summed E-state index contributed by atoms with van der Waals surface area (Å²) in [7, 11) is 2.82. The Hall–Kier alpha value is -5.64. The van der Waals surface area contributed by atoms with Gasteiger partial charge >= 0.3 is 35.8 Å². The number of imide groups is 2. The Kier molecular flexibility index (Phi) is 23.6.